The second-order valence-electron chi connectivity index (χ2n) is 6.31. The van der Waals surface area contributed by atoms with Crippen molar-refractivity contribution in [3.63, 3.8) is 0 Å². The van der Waals surface area contributed by atoms with Crippen molar-refractivity contribution in [3.05, 3.63) is 96.0 Å². The molecule has 0 aliphatic heterocycles. The molecule has 0 radical (unpaired) electrons. The summed E-state index contributed by atoms with van der Waals surface area (Å²) in [5.41, 5.74) is 1.57. The van der Waals surface area contributed by atoms with Crippen molar-refractivity contribution in [1.29, 1.82) is 0 Å². The molecule has 4 rings (SSSR count). The number of thiazole rings is 1. The fourth-order valence-corrected chi connectivity index (χ4v) is 4.68. The number of aromatic nitrogens is 1. The number of carbonyl (C=O) groups excluding carboxylic acids is 1. The van der Waals surface area contributed by atoms with Crippen molar-refractivity contribution in [2.24, 2.45) is 0 Å². The number of para-hydroxylation sites is 2. The number of rotatable bonds is 6. The van der Waals surface area contributed by atoms with Crippen LogP contribution in [-0.2, 0) is 10.0 Å². The molecule has 1 heterocycles. The van der Waals surface area contributed by atoms with Crippen LogP contribution in [0.5, 0.6) is 0 Å². The molecule has 2 N–H and O–H groups in total. The molecule has 0 saturated carbocycles. The van der Waals surface area contributed by atoms with Crippen LogP contribution < -0.4 is 10.0 Å². The molecule has 0 atom stereocenters. The van der Waals surface area contributed by atoms with E-state index in [2.05, 4.69) is 15.0 Å². The average Bonchev–Trinajstić information content (AvgIpc) is 3.27. The van der Waals surface area contributed by atoms with Crippen LogP contribution in [0.3, 0.4) is 0 Å². The van der Waals surface area contributed by atoms with Gasteiger partial charge in [0.1, 0.15) is 9.88 Å². The Balaban J connectivity index is 1.55. The Hall–Kier alpha value is -3.49. The first-order valence-electron chi connectivity index (χ1n) is 9.02. The maximum absolute atomic E-state index is 12.7. The summed E-state index contributed by atoms with van der Waals surface area (Å²) in [4.78, 5) is 17.6. The Kier molecular flexibility index (Phi) is 5.60. The molecule has 1 aromatic heterocycles. The summed E-state index contributed by atoms with van der Waals surface area (Å²) in [5, 5.41) is 3.51. The van der Waals surface area contributed by atoms with Gasteiger partial charge in [0.25, 0.3) is 15.9 Å². The monoisotopic (exact) mass is 435 g/mol. The highest BCUT2D eigenvalue weighted by Gasteiger charge is 2.18. The van der Waals surface area contributed by atoms with Gasteiger partial charge >= 0.3 is 0 Å². The summed E-state index contributed by atoms with van der Waals surface area (Å²) in [6.45, 7) is 0. The zero-order chi connectivity index (χ0) is 21.0. The van der Waals surface area contributed by atoms with Crippen LogP contribution >= 0.6 is 11.3 Å². The molecule has 0 unspecified atom stereocenters. The minimum atomic E-state index is -3.78. The Morgan fingerprint density at radius 3 is 2.10 bits per heavy atom. The maximum atomic E-state index is 12.7. The molecule has 8 heteroatoms. The van der Waals surface area contributed by atoms with E-state index in [0.29, 0.717) is 10.6 Å². The van der Waals surface area contributed by atoms with E-state index in [-0.39, 0.29) is 16.5 Å². The van der Waals surface area contributed by atoms with Gasteiger partial charge < -0.3 is 5.32 Å². The molecule has 0 bridgehead atoms. The van der Waals surface area contributed by atoms with Crippen LogP contribution in [0.1, 0.15) is 9.67 Å². The zero-order valence-electron chi connectivity index (χ0n) is 15.6. The lowest BCUT2D eigenvalue weighted by Crippen LogP contribution is -2.16. The van der Waals surface area contributed by atoms with Gasteiger partial charge in [0.2, 0.25) is 0 Å². The lowest BCUT2D eigenvalue weighted by atomic mass is 10.2. The molecule has 30 heavy (non-hydrogen) atoms. The zero-order valence-corrected chi connectivity index (χ0v) is 17.3. The lowest BCUT2D eigenvalue weighted by molar-refractivity contribution is 0.103. The maximum Gasteiger partial charge on any atom is 0.267 e. The number of nitrogens with zero attached hydrogens (tertiary/aromatic N) is 1. The summed E-state index contributed by atoms with van der Waals surface area (Å²) < 4.78 is 27.8. The van der Waals surface area contributed by atoms with Crippen LogP contribution in [-0.4, -0.2) is 19.3 Å². The standard InChI is InChI=1S/C22H17N3O3S2/c26-21(20-15-23-22(29-20)16-9-3-1-4-10-16)24-18-13-7-8-14-19(18)25-30(27,28)17-11-5-2-6-12-17/h1-15,25H,(H,24,26). The van der Waals surface area contributed by atoms with Crippen LogP contribution in [0.2, 0.25) is 0 Å². The van der Waals surface area contributed by atoms with Crippen LogP contribution in [0.25, 0.3) is 10.6 Å². The van der Waals surface area contributed by atoms with Crippen molar-refractivity contribution < 1.29 is 13.2 Å². The van der Waals surface area contributed by atoms with Gasteiger partial charge in [-0.25, -0.2) is 13.4 Å². The molecule has 0 fully saturated rings. The first-order chi connectivity index (χ1) is 14.5. The van der Waals surface area contributed by atoms with Gasteiger partial charge in [-0.3, -0.25) is 9.52 Å². The number of carbonyl (C=O) groups is 1. The molecule has 4 aromatic rings. The molecular weight excluding hydrogens is 418 g/mol. The quantitative estimate of drug-likeness (QED) is 0.453. The van der Waals surface area contributed by atoms with E-state index in [9.17, 15) is 13.2 Å². The topological polar surface area (TPSA) is 88.2 Å². The second kappa shape index (κ2) is 8.48. The summed E-state index contributed by atoms with van der Waals surface area (Å²) >= 11 is 1.27. The van der Waals surface area contributed by atoms with Gasteiger partial charge in [-0.05, 0) is 24.3 Å². The Morgan fingerprint density at radius 2 is 1.40 bits per heavy atom. The fraction of sp³-hybridized carbons (Fsp3) is 0. The Labute approximate surface area is 178 Å². The number of anilines is 2. The molecule has 0 aliphatic carbocycles. The van der Waals surface area contributed by atoms with E-state index >= 15 is 0 Å². The third kappa shape index (κ3) is 4.40. The van der Waals surface area contributed by atoms with E-state index in [0.717, 1.165) is 10.6 Å². The molecule has 0 aliphatic rings. The van der Waals surface area contributed by atoms with E-state index in [1.807, 2.05) is 30.3 Å². The first kappa shape index (κ1) is 19.8. The number of nitrogens with one attached hydrogen (secondary N) is 2. The van der Waals surface area contributed by atoms with Gasteiger partial charge in [0.15, 0.2) is 0 Å². The van der Waals surface area contributed by atoms with Crippen LogP contribution in [0, 0.1) is 0 Å². The fourth-order valence-electron chi connectivity index (χ4n) is 2.76. The van der Waals surface area contributed by atoms with Gasteiger partial charge in [-0.15, -0.1) is 11.3 Å². The van der Waals surface area contributed by atoms with Crippen molar-refractivity contribution in [2.75, 3.05) is 10.0 Å². The van der Waals surface area contributed by atoms with Crippen LogP contribution in [0.4, 0.5) is 11.4 Å². The third-order valence-electron chi connectivity index (χ3n) is 4.22. The highest BCUT2D eigenvalue weighted by molar-refractivity contribution is 7.92. The number of benzene rings is 3. The molecule has 150 valence electrons. The molecule has 6 nitrogen and oxygen atoms in total. The molecule has 0 saturated heterocycles. The predicted octanol–water partition coefficient (Wildman–Crippen LogP) is 4.86. The smallest absolute Gasteiger partial charge is 0.267 e. The van der Waals surface area contributed by atoms with Gasteiger partial charge in [-0.1, -0.05) is 60.7 Å². The van der Waals surface area contributed by atoms with E-state index in [4.69, 9.17) is 0 Å². The molecule has 1 amide bonds. The van der Waals surface area contributed by atoms with Gasteiger partial charge in [0.05, 0.1) is 22.5 Å². The summed E-state index contributed by atoms with van der Waals surface area (Å²) in [5.74, 6) is -0.360. The molecule has 0 spiro atoms. The summed E-state index contributed by atoms with van der Waals surface area (Å²) in [6.07, 6.45) is 1.51. The second-order valence-corrected chi connectivity index (χ2v) is 9.03. The minimum Gasteiger partial charge on any atom is -0.319 e. The number of hydrogen-bond donors (Lipinski definition) is 2. The number of sulfonamides is 1. The van der Waals surface area contributed by atoms with E-state index in [1.54, 1.807) is 42.5 Å². The van der Waals surface area contributed by atoms with Crippen molar-refractivity contribution in [1.82, 2.24) is 4.98 Å². The number of hydrogen-bond acceptors (Lipinski definition) is 5. The minimum absolute atomic E-state index is 0.140. The van der Waals surface area contributed by atoms with E-state index in [1.165, 1.54) is 29.7 Å². The number of amides is 1. The SMILES string of the molecule is O=C(Nc1ccccc1NS(=O)(=O)c1ccccc1)c1cnc(-c2ccccc2)s1. The third-order valence-corrected chi connectivity index (χ3v) is 6.65. The predicted molar refractivity (Wildman–Crippen MR) is 119 cm³/mol. The highest BCUT2D eigenvalue weighted by Crippen LogP contribution is 2.28. The molecule has 3 aromatic carbocycles. The summed E-state index contributed by atoms with van der Waals surface area (Å²) in [7, 11) is -3.78. The summed E-state index contributed by atoms with van der Waals surface area (Å²) in [6, 6.07) is 24.3. The Morgan fingerprint density at radius 1 is 0.800 bits per heavy atom. The van der Waals surface area contributed by atoms with Crippen molar-refractivity contribution >= 4 is 38.6 Å². The average molecular weight is 436 g/mol. The van der Waals surface area contributed by atoms with Crippen molar-refractivity contribution in [2.45, 2.75) is 4.90 Å². The Bertz CT molecular complexity index is 1270. The van der Waals surface area contributed by atoms with Gasteiger partial charge in [0, 0.05) is 5.56 Å². The van der Waals surface area contributed by atoms with E-state index < -0.39 is 10.0 Å². The van der Waals surface area contributed by atoms with Crippen LogP contribution in [0.15, 0.2) is 96.0 Å². The molecular formula is C22H17N3O3S2. The van der Waals surface area contributed by atoms with Gasteiger partial charge in [-0.2, -0.15) is 0 Å². The van der Waals surface area contributed by atoms with Crippen molar-refractivity contribution in [3.8, 4) is 10.6 Å². The lowest BCUT2D eigenvalue weighted by Gasteiger charge is -2.13. The first-order valence-corrected chi connectivity index (χ1v) is 11.3. The largest absolute Gasteiger partial charge is 0.319 e. The highest BCUT2D eigenvalue weighted by atomic mass is 32.2. The normalized spacial score (nSPS) is 11.1.